The number of phenols is 1. The molecule has 0 aliphatic carbocycles. The first kappa shape index (κ1) is 15.2. The molecule has 25 heavy (non-hydrogen) atoms. The molecule has 0 fully saturated rings. The third-order valence-electron chi connectivity index (χ3n) is 4.24. The number of rotatable bonds is 3. The Hall–Kier alpha value is -3.34. The first-order valence-electron chi connectivity index (χ1n) is 8.01. The number of hydrogen-bond acceptors (Lipinski definition) is 4. The van der Waals surface area contributed by atoms with Crippen LogP contribution in [0.25, 0.3) is 0 Å². The lowest BCUT2D eigenvalue weighted by atomic mass is 9.98. The molecule has 1 aliphatic rings. The zero-order chi connectivity index (χ0) is 17.2. The molecule has 0 spiro atoms. The van der Waals surface area contributed by atoms with E-state index in [2.05, 4.69) is 5.10 Å². The number of benzene rings is 2. The Morgan fingerprint density at radius 1 is 1.04 bits per heavy atom. The summed E-state index contributed by atoms with van der Waals surface area (Å²) in [4.78, 5) is 12.8. The van der Waals surface area contributed by atoms with Crippen molar-refractivity contribution in [2.45, 2.75) is 12.5 Å². The van der Waals surface area contributed by atoms with Crippen LogP contribution in [0.1, 0.15) is 34.1 Å². The summed E-state index contributed by atoms with van der Waals surface area (Å²) in [6, 6.07) is 19.8. The lowest BCUT2D eigenvalue weighted by molar-refractivity contribution is 0.0678. The van der Waals surface area contributed by atoms with Crippen LogP contribution >= 0.6 is 0 Å². The summed E-state index contributed by atoms with van der Waals surface area (Å²) in [6.07, 6.45) is 2.08. The van der Waals surface area contributed by atoms with Gasteiger partial charge >= 0.3 is 5.91 Å². The lowest BCUT2D eigenvalue weighted by Crippen LogP contribution is -2.26. The smallest absolute Gasteiger partial charge is 0.310 e. The highest BCUT2D eigenvalue weighted by Gasteiger charge is 2.34. The summed E-state index contributed by atoms with van der Waals surface area (Å²) in [5.41, 5.74) is 2.70. The molecule has 4 rings (SSSR count). The average Bonchev–Trinajstić information content (AvgIpc) is 3.33. The van der Waals surface area contributed by atoms with Crippen molar-refractivity contribution in [1.82, 2.24) is 5.01 Å². The van der Waals surface area contributed by atoms with Crippen LogP contribution in [0.2, 0.25) is 0 Å². The number of amides is 1. The van der Waals surface area contributed by atoms with Gasteiger partial charge in [0.05, 0.1) is 18.0 Å². The maximum Gasteiger partial charge on any atom is 0.310 e. The Morgan fingerprint density at radius 2 is 1.80 bits per heavy atom. The number of carbonyl (C=O) groups is 1. The van der Waals surface area contributed by atoms with Crippen LogP contribution in [0.15, 0.2) is 82.5 Å². The third-order valence-corrected chi connectivity index (χ3v) is 4.24. The second-order valence-electron chi connectivity index (χ2n) is 5.85. The number of nitrogens with zero attached hydrogens (tertiary/aromatic N) is 2. The molecule has 1 unspecified atom stereocenters. The summed E-state index contributed by atoms with van der Waals surface area (Å²) in [7, 11) is 0. The first-order chi connectivity index (χ1) is 12.2. The lowest BCUT2D eigenvalue weighted by Gasteiger charge is -2.21. The maximum absolute atomic E-state index is 12.8. The van der Waals surface area contributed by atoms with Crippen LogP contribution in [0, 0.1) is 0 Å². The fourth-order valence-electron chi connectivity index (χ4n) is 2.97. The van der Waals surface area contributed by atoms with E-state index in [0.29, 0.717) is 6.42 Å². The van der Waals surface area contributed by atoms with E-state index in [0.717, 1.165) is 16.8 Å². The molecule has 1 N–H and O–H groups in total. The molecule has 1 amide bonds. The van der Waals surface area contributed by atoms with Crippen molar-refractivity contribution in [3.8, 4) is 5.75 Å². The molecule has 0 saturated heterocycles. The predicted molar refractivity (Wildman–Crippen MR) is 93.3 cm³/mol. The normalized spacial score (nSPS) is 16.7. The van der Waals surface area contributed by atoms with Gasteiger partial charge in [-0.05, 0) is 47.5 Å². The number of furan rings is 1. The van der Waals surface area contributed by atoms with Crippen LogP contribution in [-0.4, -0.2) is 21.7 Å². The van der Waals surface area contributed by atoms with Crippen LogP contribution in [0.5, 0.6) is 5.75 Å². The minimum atomic E-state index is -0.271. The summed E-state index contributed by atoms with van der Waals surface area (Å²) in [5.74, 6) is 0.190. The minimum Gasteiger partial charge on any atom is -0.508 e. The Labute approximate surface area is 144 Å². The van der Waals surface area contributed by atoms with Crippen molar-refractivity contribution in [3.63, 3.8) is 0 Å². The highest BCUT2D eigenvalue weighted by molar-refractivity contribution is 6.04. The van der Waals surface area contributed by atoms with Crippen molar-refractivity contribution in [2.24, 2.45) is 5.10 Å². The van der Waals surface area contributed by atoms with Gasteiger partial charge in [0.1, 0.15) is 5.75 Å². The van der Waals surface area contributed by atoms with Crippen molar-refractivity contribution in [3.05, 3.63) is 89.9 Å². The van der Waals surface area contributed by atoms with E-state index in [1.54, 1.807) is 36.4 Å². The fourth-order valence-corrected chi connectivity index (χ4v) is 2.97. The zero-order valence-electron chi connectivity index (χ0n) is 13.4. The predicted octanol–water partition coefficient (Wildman–Crippen LogP) is 3.98. The van der Waals surface area contributed by atoms with Gasteiger partial charge in [0, 0.05) is 6.42 Å². The number of phenolic OH excluding ortho intramolecular Hbond substituents is 1. The topological polar surface area (TPSA) is 66.0 Å². The van der Waals surface area contributed by atoms with Gasteiger partial charge in [0.2, 0.25) is 0 Å². The van der Waals surface area contributed by atoms with Gasteiger partial charge in [-0.3, -0.25) is 4.79 Å². The first-order valence-corrected chi connectivity index (χ1v) is 8.01. The second kappa shape index (κ2) is 6.28. The van der Waals surface area contributed by atoms with E-state index in [9.17, 15) is 9.90 Å². The standard InChI is InChI=1S/C20H16N2O3/c23-16-10-8-14(9-11-16)17-13-18(15-5-2-1-3-6-15)22(21-17)20(24)19-7-4-12-25-19/h1-12,18,23H,13H2. The SMILES string of the molecule is O=C(c1ccco1)N1N=C(c2ccc(O)cc2)CC1c1ccccc1. The highest BCUT2D eigenvalue weighted by Crippen LogP contribution is 2.34. The van der Waals surface area contributed by atoms with Gasteiger partial charge in [0.15, 0.2) is 5.76 Å². The van der Waals surface area contributed by atoms with Crippen molar-refractivity contribution < 1.29 is 14.3 Å². The van der Waals surface area contributed by atoms with E-state index in [-0.39, 0.29) is 23.5 Å². The van der Waals surface area contributed by atoms with E-state index in [4.69, 9.17) is 4.42 Å². The molecule has 1 aliphatic heterocycles. The van der Waals surface area contributed by atoms with Gasteiger partial charge in [-0.25, -0.2) is 5.01 Å². The quantitative estimate of drug-likeness (QED) is 0.789. The van der Waals surface area contributed by atoms with Crippen LogP contribution in [-0.2, 0) is 0 Å². The average molecular weight is 332 g/mol. The number of hydrogen-bond donors (Lipinski definition) is 1. The van der Waals surface area contributed by atoms with Gasteiger partial charge in [0.25, 0.3) is 0 Å². The molecular formula is C20H16N2O3. The van der Waals surface area contributed by atoms with Crippen LogP contribution in [0.4, 0.5) is 0 Å². The zero-order valence-corrected chi connectivity index (χ0v) is 13.4. The molecule has 5 nitrogen and oxygen atoms in total. The van der Waals surface area contributed by atoms with Crippen LogP contribution in [0.3, 0.4) is 0 Å². The Balaban J connectivity index is 1.72. The van der Waals surface area contributed by atoms with Gasteiger partial charge in [-0.2, -0.15) is 5.10 Å². The second-order valence-corrected chi connectivity index (χ2v) is 5.85. The van der Waals surface area contributed by atoms with Crippen molar-refractivity contribution >= 4 is 11.6 Å². The molecule has 5 heteroatoms. The minimum absolute atomic E-state index is 0.192. The van der Waals surface area contributed by atoms with Crippen molar-refractivity contribution in [2.75, 3.05) is 0 Å². The highest BCUT2D eigenvalue weighted by atomic mass is 16.3. The van der Waals surface area contributed by atoms with E-state index in [1.165, 1.54) is 11.3 Å². The Morgan fingerprint density at radius 3 is 2.48 bits per heavy atom. The van der Waals surface area contributed by atoms with E-state index < -0.39 is 0 Å². The Bertz CT molecular complexity index is 900. The largest absolute Gasteiger partial charge is 0.508 e. The number of aromatic hydroxyl groups is 1. The summed E-state index contributed by atoms with van der Waals surface area (Å²) >= 11 is 0. The molecule has 0 radical (unpaired) electrons. The molecule has 1 atom stereocenters. The van der Waals surface area contributed by atoms with Gasteiger partial charge < -0.3 is 9.52 Å². The summed E-state index contributed by atoms with van der Waals surface area (Å²) < 4.78 is 5.26. The Kier molecular flexibility index (Phi) is 3.82. The maximum atomic E-state index is 12.8. The van der Waals surface area contributed by atoms with Crippen molar-refractivity contribution in [1.29, 1.82) is 0 Å². The molecular weight excluding hydrogens is 316 g/mol. The monoisotopic (exact) mass is 332 g/mol. The third kappa shape index (κ3) is 2.92. The molecule has 2 heterocycles. The number of hydrazone groups is 1. The fraction of sp³-hybridized carbons (Fsp3) is 0.100. The van der Waals surface area contributed by atoms with E-state index >= 15 is 0 Å². The molecule has 0 saturated carbocycles. The molecule has 0 bridgehead atoms. The summed E-state index contributed by atoms with van der Waals surface area (Å²) in [6.45, 7) is 0. The molecule has 124 valence electrons. The van der Waals surface area contributed by atoms with Gasteiger partial charge in [-0.15, -0.1) is 0 Å². The number of carbonyl (C=O) groups excluding carboxylic acids is 1. The molecule has 3 aromatic rings. The van der Waals surface area contributed by atoms with E-state index in [1.807, 2.05) is 30.3 Å². The van der Waals surface area contributed by atoms with Gasteiger partial charge in [-0.1, -0.05) is 30.3 Å². The molecule has 1 aromatic heterocycles. The molecule has 2 aromatic carbocycles. The van der Waals surface area contributed by atoms with Crippen LogP contribution < -0.4 is 0 Å². The summed E-state index contributed by atoms with van der Waals surface area (Å²) in [5, 5.41) is 15.5.